The first-order chi connectivity index (χ1) is 14.1. The van der Waals surface area contributed by atoms with Crippen LogP contribution in [0.4, 0.5) is 0 Å². The Hall–Kier alpha value is -2.29. The Morgan fingerprint density at radius 1 is 1.07 bits per heavy atom. The molecule has 6 atom stereocenters. The summed E-state index contributed by atoms with van der Waals surface area (Å²) in [6.45, 7) is 2.25. The molecule has 0 unspecified atom stereocenters. The number of ether oxygens (including phenoxy) is 5. The van der Waals surface area contributed by atoms with Gasteiger partial charge in [0.1, 0.15) is 12.2 Å². The van der Waals surface area contributed by atoms with Crippen molar-refractivity contribution in [2.24, 2.45) is 5.73 Å². The first-order valence-corrected chi connectivity index (χ1v) is 9.60. The zero-order valence-corrected chi connectivity index (χ0v) is 16.4. The van der Waals surface area contributed by atoms with Crippen LogP contribution >= 0.6 is 0 Å². The number of hydrogen-bond donors (Lipinski definition) is 1. The zero-order valence-electron chi connectivity index (χ0n) is 16.4. The van der Waals surface area contributed by atoms with Crippen LogP contribution in [-0.2, 0) is 23.7 Å². The molecule has 4 rings (SSSR count). The molecule has 154 valence electrons. The summed E-state index contributed by atoms with van der Waals surface area (Å²) in [6.07, 6.45) is -3.09. The summed E-state index contributed by atoms with van der Waals surface area (Å²) < 4.78 is 28.9. The molecule has 0 bridgehead atoms. The first-order valence-electron chi connectivity index (χ1n) is 9.60. The lowest BCUT2D eigenvalue weighted by Crippen LogP contribution is -2.66. The number of carbonyl (C=O) groups is 1. The van der Waals surface area contributed by atoms with Crippen LogP contribution in [0.15, 0.2) is 54.6 Å². The molecule has 7 nitrogen and oxygen atoms in total. The summed E-state index contributed by atoms with van der Waals surface area (Å²) in [4.78, 5) is 12.6. The minimum Gasteiger partial charge on any atom is -0.452 e. The van der Waals surface area contributed by atoms with Crippen LogP contribution in [0.5, 0.6) is 0 Å². The van der Waals surface area contributed by atoms with Crippen LogP contribution in [0.3, 0.4) is 0 Å². The fraction of sp³-hybridized carbons (Fsp3) is 0.409. The number of carbonyl (C=O) groups excluding carboxylic acids is 1. The van der Waals surface area contributed by atoms with Crippen molar-refractivity contribution in [2.45, 2.75) is 43.9 Å². The molecule has 0 radical (unpaired) electrons. The maximum atomic E-state index is 12.6. The molecule has 2 aromatic rings. The van der Waals surface area contributed by atoms with Crippen LogP contribution in [0.25, 0.3) is 0 Å². The lowest BCUT2D eigenvalue weighted by molar-refractivity contribution is -0.337. The van der Waals surface area contributed by atoms with E-state index in [2.05, 4.69) is 0 Å². The molecular weight excluding hydrogens is 374 g/mol. The van der Waals surface area contributed by atoms with Crippen LogP contribution in [0, 0.1) is 6.92 Å². The molecule has 2 saturated heterocycles. The van der Waals surface area contributed by atoms with Crippen molar-refractivity contribution in [2.75, 3.05) is 13.7 Å². The van der Waals surface area contributed by atoms with Gasteiger partial charge in [-0.2, -0.15) is 0 Å². The van der Waals surface area contributed by atoms with Crippen LogP contribution < -0.4 is 5.73 Å². The average molecular weight is 399 g/mol. The number of esters is 1. The lowest BCUT2D eigenvalue weighted by Gasteiger charge is -2.47. The van der Waals surface area contributed by atoms with Crippen LogP contribution in [-0.4, -0.2) is 50.3 Å². The standard InChI is InChI=1S/C22H25NO6/c1-13-8-10-14(11-9-13)20(24)28-19-17(23)18-16(27-22(19)25-2)12-26-21(29-18)15-6-4-3-5-7-15/h3-11,16-19,21-22H,12,23H2,1-2H3/t16-,17+,18+,19+,21+,22-/m1/s1. The average Bonchev–Trinajstić information content (AvgIpc) is 2.76. The Balaban J connectivity index is 1.50. The third-order valence-corrected chi connectivity index (χ3v) is 5.23. The second-order valence-electron chi connectivity index (χ2n) is 7.27. The van der Waals surface area contributed by atoms with Gasteiger partial charge in [0, 0.05) is 12.7 Å². The summed E-state index contributed by atoms with van der Waals surface area (Å²) in [5, 5.41) is 0. The normalized spacial score (nSPS) is 31.7. The summed E-state index contributed by atoms with van der Waals surface area (Å²) in [7, 11) is 1.49. The van der Waals surface area contributed by atoms with Crippen molar-refractivity contribution in [3.63, 3.8) is 0 Å². The van der Waals surface area contributed by atoms with E-state index in [4.69, 9.17) is 29.4 Å². The molecule has 2 aromatic carbocycles. The Morgan fingerprint density at radius 2 is 1.79 bits per heavy atom. The number of nitrogens with two attached hydrogens (primary N) is 1. The highest BCUT2D eigenvalue weighted by atomic mass is 16.8. The minimum absolute atomic E-state index is 0.302. The summed E-state index contributed by atoms with van der Waals surface area (Å²) in [6, 6.07) is 16.1. The fourth-order valence-electron chi connectivity index (χ4n) is 3.61. The van der Waals surface area contributed by atoms with Crippen molar-refractivity contribution in [3.8, 4) is 0 Å². The van der Waals surface area contributed by atoms with Gasteiger partial charge in [0.05, 0.1) is 18.2 Å². The van der Waals surface area contributed by atoms with E-state index >= 15 is 0 Å². The maximum Gasteiger partial charge on any atom is 0.338 e. The van der Waals surface area contributed by atoms with Gasteiger partial charge < -0.3 is 29.4 Å². The highest BCUT2D eigenvalue weighted by molar-refractivity contribution is 5.89. The Bertz CT molecular complexity index is 827. The molecule has 0 saturated carbocycles. The monoisotopic (exact) mass is 399 g/mol. The minimum atomic E-state index is -0.815. The van der Waals surface area contributed by atoms with E-state index in [0.717, 1.165) is 11.1 Å². The van der Waals surface area contributed by atoms with E-state index in [1.165, 1.54) is 7.11 Å². The van der Waals surface area contributed by atoms with E-state index in [1.54, 1.807) is 12.1 Å². The molecule has 29 heavy (non-hydrogen) atoms. The molecule has 0 aliphatic carbocycles. The fourth-order valence-corrected chi connectivity index (χ4v) is 3.61. The molecule has 2 heterocycles. The number of methoxy groups -OCH3 is 1. The molecule has 7 heteroatoms. The van der Waals surface area contributed by atoms with E-state index in [-0.39, 0.29) is 0 Å². The number of rotatable bonds is 4. The van der Waals surface area contributed by atoms with Crippen molar-refractivity contribution < 1.29 is 28.5 Å². The number of fused-ring (bicyclic) bond motifs is 1. The molecule has 2 fully saturated rings. The van der Waals surface area contributed by atoms with E-state index in [0.29, 0.717) is 12.2 Å². The Labute approximate surface area is 169 Å². The van der Waals surface area contributed by atoms with E-state index < -0.39 is 42.9 Å². The second-order valence-corrected chi connectivity index (χ2v) is 7.27. The SMILES string of the molecule is CO[C@@H]1O[C@@H]2CO[C@H](c3ccccc3)O[C@@H]2[C@H](N)[C@@H]1OC(=O)c1ccc(C)cc1. The van der Waals surface area contributed by atoms with Gasteiger partial charge in [-0.1, -0.05) is 48.0 Å². The smallest absolute Gasteiger partial charge is 0.338 e. The van der Waals surface area contributed by atoms with Crippen molar-refractivity contribution in [1.29, 1.82) is 0 Å². The highest BCUT2D eigenvalue weighted by Crippen LogP contribution is 2.34. The van der Waals surface area contributed by atoms with Gasteiger partial charge in [0.25, 0.3) is 0 Å². The molecule has 2 aliphatic heterocycles. The molecule has 0 amide bonds. The van der Waals surface area contributed by atoms with Gasteiger partial charge in [-0.15, -0.1) is 0 Å². The number of benzene rings is 2. The largest absolute Gasteiger partial charge is 0.452 e. The third kappa shape index (κ3) is 4.19. The van der Waals surface area contributed by atoms with Crippen molar-refractivity contribution >= 4 is 5.97 Å². The van der Waals surface area contributed by atoms with Crippen LogP contribution in [0.1, 0.15) is 27.8 Å². The molecule has 0 aromatic heterocycles. The first kappa shape index (κ1) is 20.0. The van der Waals surface area contributed by atoms with Gasteiger partial charge in [-0.05, 0) is 19.1 Å². The number of hydrogen-bond acceptors (Lipinski definition) is 7. The summed E-state index contributed by atoms with van der Waals surface area (Å²) >= 11 is 0. The summed E-state index contributed by atoms with van der Waals surface area (Å²) in [5.74, 6) is -0.485. The predicted octanol–water partition coefficient (Wildman–Crippen LogP) is 2.33. The van der Waals surface area contributed by atoms with Gasteiger partial charge in [-0.3, -0.25) is 0 Å². The van der Waals surface area contributed by atoms with Crippen molar-refractivity contribution in [1.82, 2.24) is 0 Å². The van der Waals surface area contributed by atoms with E-state index in [1.807, 2.05) is 49.4 Å². The van der Waals surface area contributed by atoms with Crippen molar-refractivity contribution in [3.05, 3.63) is 71.3 Å². The highest BCUT2D eigenvalue weighted by Gasteiger charge is 2.50. The molecule has 0 spiro atoms. The Morgan fingerprint density at radius 3 is 2.48 bits per heavy atom. The van der Waals surface area contributed by atoms with E-state index in [9.17, 15) is 4.79 Å². The third-order valence-electron chi connectivity index (χ3n) is 5.23. The van der Waals surface area contributed by atoms with Gasteiger partial charge in [0.15, 0.2) is 18.7 Å². The molecule has 2 N–H and O–H groups in total. The van der Waals surface area contributed by atoms with Gasteiger partial charge in [-0.25, -0.2) is 4.79 Å². The van der Waals surface area contributed by atoms with Gasteiger partial charge >= 0.3 is 5.97 Å². The Kier molecular flexibility index (Phi) is 5.94. The summed E-state index contributed by atoms with van der Waals surface area (Å²) in [5.41, 5.74) is 8.86. The molecular formula is C22H25NO6. The maximum absolute atomic E-state index is 12.6. The topological polar surface area (TPSA) is 89.2 Å². The quantitative estimate of drug-likeness (QED) is 0.790. The number of aryl methyl sites for hydroxylation is 1. The molecule has 2 aliphatic rings. The van der Waals surface area contributed by atoms with Crippen LogP contribution in [0.2, 0.25) is 0 Å². The lowest BCUT2D eigenvalue weighted by atomic mass is 9.95. The predicted molar refractivity (Wildman–Crippen MR) is 104 cm³/mol. The second kappa shape index (κ2) is 8.61. The van der Waals surface area contributed by atoms with Gasteiger partial charge in [0.2, 0.25) is 0 Å². The zero-order chi connectivity index (χ0) is 20.4.